The maximum atomic E-state index is 12.1. The van der Waals surface area contributed by atoms with Crippen LogP contribution in [0.15, 0.2) is 18.2 Å². The molecular weight excluding hydrogens is 260 g/mol. The van der Waals surface area contributed by atoms with Gasteiger partial charge in [0.2, 0.25) is 5.91 Å². The maximum Gasteiger partial charge on any atom is 0.238 e. The van der Waals surface area contributed by atoms with Gasteiger partial charge in [0.1, 0.15) is 0 Å². The molecule has 0 saturated carbocycles. The first kappa shape index (κ1) is 16.0. The highest BCUT2D eigenvalue weighted by molar-refractivity contribution is 6.33. The summed E-state index contributed by atoms with van der Waals surface area (Å²) < 4.78 is 0. The number of nitrogens with one attached hydrogen (secondary N) is 1. The largest absolute Gasteiger partial charge is 0.323 e. The van der Waals surface area contributed by atoms with Crippen molar-refractivity contribution < 1.29 is 4.79 Å². The minimum Gasteiger partial charge on any atom is -0.323 e. The molecular formula is C15H23ClN2O. The number of rotatable bonds is 7. The number of anilines is 1. The van der Waals surface area contributed by atoms with E-state index in [1.165, 1.54) is 0 Å². The third-order valence-corrected chi connectivity index (χ3v) is 3.25. The lowest BCUT2D eigenvalue weighted by Gasteiger charge is -2.20. The van der Waals surface area contributed by atoms with Gasteiger partial charge in [-0.05, 0) is 44.5 Å². The molecule has 1 N–H and O–H groups in total. The second kappa shape index (κ2) is 8.18. The number of nitrogens with zero attached hydrogens (tertiary/aromatic N) is 1. The molecule has 0 aliphatic carbocycles. The zero-order chi connectivity index (χ0) is 14.3. The summed E-state index contributed by atoms with van der Waals surface area (Å²) in [5.41, 5.74) is 1.71. The number of halogens is 1. The van der Waals surface area contributed by atoms with Crippen LogP contribution in [0.3, 0.4) is 0 Å². The van der Waals surface area contributed by atoms with Crippen LogP contribution in [0.4, 0.5) is 5.69 Å². The van der Waals surface area contributed by atoms with Crippen molar-refractivity contribution in [2.24, 2.45) is 0 Å². The molecule has 1 rings (SSSR count). The Labute approximate surface area is 120 Å². The van der Waals surface area contributed by atoms with Gasteiger partial charge in [0.05, 0.1) is 17.3 Å². The van der Waals surface area contributed by atoms with Gasteiger partial charge in [0.25, 0.3) is 0 Å². The van der Waals surface area contributed by atoms with E-state index in [9.17, 15) is 4.79 Å². The smallest absolute Gasteiger partial charge is 0.238 e. The Morgan fingerprint density at radius 1 is 1.26 bits per heavy atom. The molecule has 0 atom stereocenters. The second-order valence-corrected chi connectivity index (χ2v) is 5.16. The fraction of sp³-hybridized carbons (Fsp3) is 0.533. The van der Waals surface area contributed by atoms with Crippen molar-refractivity contribution in [2.45, 2.75) is 33.6 Å². The van der Waals surface area contributed by atoms with Crippen LogP contribution in [0.5, 0.6) is 0 Å². The summed E-state index contributed by atoms with van der Waals surface area (Å²) in [6, 6.07) is 5.62. The highest BCUT2D eigenvalue weighted by atomic mass is 35.5. The number of hydrogen-bond acceptors (Lipinski definition) is 2. The normalized spacial score (nSPS) is 10.8. The van der Waals surface area contributed by atoms with Gasteiger partial charge in [-0.1, -0.05) is 37.6 Å². The highest BCUT2D eigenvalue weighted by Crippen LogP contribution is 2.25. The van der Waals surface area contributed by atoms with E-state index in [0.717, 1.165) is 37.2 Å². The summed E-state index contributed by atoms with van der Waals surface area (Å²) >= 11 is 6.10. The van der Waals surface area contributed by atoms with E-state index in [2.05, 4.69) is 24.1 Å². The summed E-state index contributed by atoms with van der Waals surface area (Å²) in [6.45, 7) is 8.51. The molecule has 0 spiro atoms. The van der Waals surface area contributed by atoms with Gasteiger partial charge in [-0.3, -0.25) is 9.69 Å². The lowest BCUT2D eigenvalue weighted by molar-refractivity contribution is -0.117. The van der Waals surface area contributed by atoms with E-state index in [4.69, 9.17) is 11.6 Å². The monoisotopic (exact) mass is 282 g/mol. The van der Waals surface area contributed by atoms with Crippen molar-refractivity contribution in [3.8, 4) is 0 Å². The van der Waals surface area contributed by atoms with E-state index < -0.39 is 0 Å². The van der Waals surface area contributed by atoms with E-state index in [1.54, 1.807) is 6.07 Å². The molecule has 0 radical (unpaired) electrons. The summed E-state index contributed by atoms with van der Waals surface area (Å²) in [5.74, 6) is -0.00176. The van der Waals surface area contributed by atoms with Gasteiger partial charge in [-0.15, -0.1) is 0 Å². The van der Waals surface area contributed by atoms with Crippen molar-refractivity contribution in [3.05, 3.63) is 28.8 Å². The first-order valence-electron chi connectivity index (χ1n) is 6.85. The fourth-order valence-corrected chi connectivity index (χ4v) is 2.34. The molecule has 0 fully saturated rings. The van der Waals surface area contributed by atoms with E-state index in [1.807, 2.05) is 19.1 Å². The third kappa shape index (κ3) is 5.21. The molecule has 1 aromatic rings. The average molecular weight is 283 g/mol. The number of para-hydroxylation sites is 1. The number of amides is 1. The van der Waals surface area contributed by atoms with Crippen molar-refractivity contribution >= 4 is 23.2 Å². The SMILES string of the molecule is CCCN(CCC)CC(=O)Nc1c(C)cccc1Cl. The van der Waals surface area contributed by atoms with Crippen molar-refractivity contribution in [1.29, 1.82) is 0 Å². The van der Waals surface area contributed by atoms with Gasteiger partial charge in [-0.25, -0.2) is 0 Å². The molecule has 19 heavy (non-hydrogen) atoms. The Bertz CT molecular complexity index is 394. The molecule has 0 aliphatic heterocycles. The average Bonchev–Trinajstić information content (AvgIpc) is 2.35. The van der Waals surface area contributed by atoms with Crippen molar-refractivity contribution in [1.82, 2.24) is 4.90 Å². The van der Waals surface area contributed by atoms with Crippen LogP contribution in [-0.2, 0) is 4.79 Å². The van der Waals surface area contributed by atoms with Gasteiger partial charge in [-0.2, -0.15) is 0 Å². The molecule has 4 heteroatoms. The molecule has 3 nitrogen and oxygen atoms in total. The third-order valence-electron chi connectivity index (χ3n) is 2.93. The van der Waals surface area contributed by atoms with Crippen molar-refractivity contribution in [3.63, 3.8) is 0 Å². The van der Waals surface area contributed by atoms with E-state index >= 15 is 0 Å². The highest BCUT2D eigenvalue weighted by Gasteiger charge is 2.12. The minimum absolute atomic E-state index is 0.00176. The molecule has 0 heterocycles. The van der Waals surface area contributed by atoms with Crippen LogP contribution < -0.4 is 5.32 Å². The quantitative estimate of drug-likeness (QED) is 0.827. The molecule has 0 bridgehead atoms. The van der Waals surface area contributed by atoms with Crippen LogP contribution in [0.2, 0.25) is 5.02 Å². The molecule has 1 aromatic carbocycles. The van der Waals surface area contributed by atoms with Gasteiger partial charge in [0.15, 0.2) is 0 Å². The van der Waals surface area contributed by atoms with Gasteiger partial charge in [0, 0.05) is 0 Å². The van der Waals surface area contributed by atoms with Crippen LogP contribution >= 0.6 is 11.6 Å². The summed E-state index contributed by atoms with van der Waals surface area (Å²) in [4.78, 5) is 14.2. The maximum absolute atomic E-state index is 12.1. The Hall–Kier alpha value is -1.06. The molecule has 0 aromatic heterocycles. The lowest BCUT2D eigenvalue weighted by atomic mass is 10.2. The van der Waals surface area contributed by atoms with Crippen molar-refractivity contribution in [2.75, 3.05) is 25.0 Å². The Kier molecular flexibility index (Phi) is 6.89. The topological polar surface area (TPSA) is 32.3 Å². The summed E-state index contributed by atoms with van der Waals surface area (Å²) in [6.07, 6.45) is 2.11. The molecule has 0 saturated heterocycles. The molecule has 106 valence electrons. The standard InChI is InChI=1S/C15H23ClN2O/c1-4-9-18(10-5-2)11-14(19)17-15-12(3)7-6-8-13(15)16/h6-8H,4-5,9-11H2,1-3H3,(H,17,19). The minimum atomic E-state index is -0.00176. The van der Waals surface area contributed by atoms with E-state index in [-0.39, 0.29) is 5.91 Å². The molecule has 1 amide bonds. The van der Waals surface area contributed by atoms with Crippen LogP contribution in [0.1, 0.15) is 32.3 Å². The molecule has 0 unspecified atom stereocenters. The fourth-order valence-electron chi connectivity index (χ4n) is 2.07. The number of benzene rings is 1. The predicted molar refractivity (Wildman–Crippen MR) is 81.8 cm³/mol. The first-order chi connectivity index (χ1) is 9.08. The zero-order valence-corrected chi connectivity index (χ0v) is 12.8. The Balaban J connectivity index is 2.63. The second-order valence-electron chi connectivity index (χ2n) is 4.76. The number of carbonyl (C=O) groups is 1. The van der Waals surface area contributed by atoms with E-state index in [0.29, 0.717) is 11.6 Å². The number of aryl methyl sites for hydroxylation is 1. The summed E-state index contributed by atoms with van der Waals surface area (Å²) in [5, 5.41) is 3.50. The lowest BCUT2D eigenvalue weighted by Crippen LogP contribution is -2.34. The van der Waals surface area contributed by atoms with Gasteiger partial charge >= 0.3 is 0 Å². The predicted octanol–water partition coefficient (Wildman–Crippen LogP) is 3.71. The first-order valence-corrected chi connectivity index (χ1v) is 7.23. The van der Waals surface area contributed by atoms with Crippen LogP contribution in [0, 0.1) is 6.92 Å². The summed E-state index contributed by atoms with van der Waals surface area (Å²) in [7, 11) is 0. The number of hydrogen-bond donors (Lipinski definition) is 1. The van der Waals surface area contributed by atoms with Gasteiger partial charge < -0.3 is 5.32 Å². The zero-order valence-electron chi connectivity index (χ0n) is 12.0. The number of carbonyl (C=O) groups excluding carboxylic acids is 1. The van der Waals surface area contributed by atoms with Crippen LogP contribution in [-0.4, -0.2) is 30.4 Å². The Morgan fingerprint density at radius 3 is 2.42 bits per heavy atom. The Morgan fingerprint density at radius 2 is 1.89 bits per heavy atom. The molecule has 0 aliphatic rings. The van der Waals surface area contributed by atoms with Crippen LogP contribution in [0.25, 0.3) is 0 Å².